The molecule has 1 N–H and O–H groups in total. The van der Waals surface area contributed by atoms with E-state index in [0.29, 0.717) is 23.4 Å². The third-order valence-electron chi connectivity index (χ3n) is 4.57. The van der Waals surface area contributed by atoms with E-state index in [0.717, 1.165) is 24.7 Å². The Morgan fingerprint density at radius 2 is 1.86 bits per heavy atom. The molecule has 0 aromatic heterocycles. The lowest BCUT2D eigenvalue weighted by Crippen LogP contribution is -2.61. The van der Waals surface area contributed by atoms with Crippen molar-refractivity contribution in [3.8, 4) is 0 Å². The lowest BCUT2D eigenvalue weighted by molar-refractivity contribution is 0.0572. The summed E-state index contributed by atoms with van der Waals surface area (Å²) in [5, 5.41) is 4.56. The maximum atomic E-state index is 5.99. The molecule has 1 saturated heterocycles. The molecule has 1 aromatic carbocycles. The third kappa shape index (κ3) is 4.45. The largest absolute Gasteiger partial charge is 0.311 e. The number of benzene rings is 1. The molecule has 3 heteroatoms. The minimum atomic E-state index is 0.292. The molecule has 21 heavy (non-hydrogen) atoms. The summed E-state index contributed by atoms with van der Waals surface area (Å²) in [4.78, 5) is 2.64. The van der Waals surface area contributed by atoms with Crippen molar-refractivity contribution in [2.24, 2.45) is 11.3 Å². The molecular formula is C18H29ClN2. The summed E-state index contributed by atoms with van der Waals surface area (Å²) in [7, 11) is 0. The van der Waals surface area contributed by atoms with Crippen LogP contribution in [0.2, 0.25) is 5.02 Å². The first-order valence-corrected chi connectivity index (χ1v) is 8.37. The highest BCUT2D eigenvalue weighted by molar-refractivity contribution is 6.30. The summed E-state index contributed by atoms with van der Waals surface area (Å²) in [5.41, 5.74) is 1.64. The minimum Gasteiger partial charge on any atom is -0.311 e. The molecule has 1 aliphatic rings. The molecule has 118 valence electrons. The van der Waals surface area contributed by atoms with Crippen LogP contribution in [0.4, 0.5) is 0 Å². The van der Waals surface area contributed by atoms with Gasteiger partial charge in [-0.05, 0) is 29.0 Å². The Bertz CT molecular complexity index is 447. The van der Waals surface area contributed by atoms with Crippen LogP contribution in [0.1, 0.15) is 40.2 Å². The van der Waals surface area contributed by atoms with Crippen molar-refractivity contribution in [2.75, 3.05) is 13.1 Å². The molecule has 0 radical (unpaired) electrons. The minimum absolute atomic E-state index is 0.292. The van der Waals surface area contributed by atoms with Crippen molar-refractivity contribution in [1.82, 2.24) is 10.2 Å². The maximum absolute atomic E-state index is 5.99. The van der Waals surface area contributed by atoms with Crippen LogP contribution in [0.3, 0.4) is 0 Å². The van der Waals surface area contributed by atoms with E-state index in [2.05, 4.69) is 57.0 Å². The number of hydrogen-bond donors (Lipinski definition) is 1. The van der Waals surface area contributed by atoms with Crippen molar-refractivity contribution in [3.05, 3.63) is 34.9 Å². The van der Waals surface area contributed by atoms with Gasteiger partial charge in [-0.15, -0.1) is 0 Å². The van der Waals surface area contributed by atoms with Crippen LogP contribution in [0.15, 0.2) is 24.3 Å². The van der Waals surface area contributed by atoms with E-state index in [1.54, 1.807) is 0 Å². The second-order valence-electron chi connectivity index (χ2n) is 7.69. The summed E-state index contributed by atoms with van der Waals surface area (Å²) in [6.07, 6.45) is 0. The van der Waals surface area contributed by atoms with Gasteiger partial charge >= 0.3 is 0 Å². The van der Waals surface area contributed by atoms with Crippen molar-refractivity contribution >= 4 is 11.6 Å². The van der Waals surface area contributed by atoms with E-state index in [1.165, 1.54) is 5.56 Å². The standard InChI is InChI=1S/C18H29ClN2/c1-13(2)16-10-20-17(18(3,4)5)12-21(16)11-14-6-8-15(19)9-7-14/h6-9,13,16-17,20H,10-12H2,1-5H3. The monoisotopic (exact) mass is 308 g/mol. The van der Waals surface area contributed by atoms with Crippen molar-refractivity contribution < 1.29 is 0 Å². The van der Waals surface area contributed by atoms with E-state index in [9.17, 15) is 0 Å². The van der Waals surface area contributed by atoms with E-state index < -0.39 is 0 Å². The molecule has 1 fully saturated rings. The Hall–Kier alpha value is -0.570. The van der Waals surface area contributed by atoms with Crippen molar-refractivity contribution in [3.63, 3.8) is 0 Å². The second-order valence-corrected chi connectivity index (χ2v) is 8.13. The van der Waals surface area contributed by atoms with Crippen LogP contribution in [-0.4, -0.2) is 30.1 Å². The summed E-state index contributed by atoms with van der Waals surface area (Å²) >= 11 is 5.99. The van der Waals surface area contributed by atoms with E-state index in [1.807, 2.05) is 12.1 Å². The van der Waals surface area contributed by atoms with Gasteiger partial charge in [-0.3, -0.25) is 4.90 Å². The van der Waals surface area contributed by atoms with Gasteiger partial charge in [-0.1, -0.05) is 58.4 Å². The van der Waals surface area contributed by atoms with Crippen LogP contribution >= 0.6 is 11.6 Å². The van der Waals surface area contributed by atoms with Gasteiger partial charge in [0.1, 0.15) is 0 Å². The zero-order valence-corrected chi connectivity index (χ0v) is 14.7. The molecule has 2 rings (SSSR count). The number of halogens is 1. The molecule has 0 aliphatic carbocycles. The molecule has 2 unspecified atom stereocenters. The highest BCUT2D eigenvalue weighted by Gasteiger charge is 2.35. The van der Waals surface area contributed by atoms with Crippen molar-refractivity contribution in [2.45, 2.75) is 53.2 Å². The predicted molar refractivity (Wildman–Crippen MR) is 91.7 cm³/mol. The fraction of sp³-hybridized carbons (Fsp3) is 0.667. The van der Waals surface area contributed by atoms with Gasteiger partial charge in [0, 0.05) is 36.7 Å². The molecule has 1 heterocycles. The fourth-order valence-electron chi connectivity index (χ4n) is 3.07. The first-order chi connectivity index (χ1) is 9.77. The Kier molecular flexibility index (Phi) is 5.34. The predicted octanol–water partition coefficient (Wildman–Crippen LogP) is 4.18. The SMILES string of the molecule is CC(C)C1CNC(C(C)(C)C)CN1Cc1ccc(Cl)cc1. The molecule has 0 spiro atoms. The Balaban J connectivity index is 2.12. The first-order valence-electron chi connectivity index (χ1n) is 7.99. The lowest BCUT2D eigenvalue weighted by Gasteiger charge is -2.46. The Labute approximate surface area is 134 Å². The Morgan fingerprint density at radius 1 is 1.24 bits per heavy atom. The van der Waals surface area contributed by atoms with Gasteiger partial charge in [-0.25, -0.2) is 0 Å². The Morgan fingerprint density at radius 3 is 2.38 bits per heavy atom. The zero-order valence-electron chi connectivity index (χ0n) is 14.0. The first kappa shape index (κ1) is 16.8. The smallest absolute Gasteiger partial charge is 0.0406 e. The number of nitrogens with one attached hydrogen (secondary N) is 1. The lowest BCUT2D eigenvalue weighted by atomic mass is 9.83. The normalized spacial score (nSPS) is 24.5. The highest BCUT2D eigenvalue weighted by Crippen LogP contribution is 2.27. The summed E-state index contributed by atoms with van der Waals surface area (Å²) in [6.45, 7) is 14.8. The highest BCUT2D eigenvalue weighted by atomic mass is 35.5. The second kappa shape index (κ2) is 6.68. The number of rotatable bonds is 3. The number of nitrogens with zero attached hydrogens (tertiary/aromatic N) is 1. The van der Waals surface area contributed by atoms with Crippen molar-refractivity contribution in [1.29, 1.82) is 0 Å². The van der Waals surface area contributed by atoms with Crippen LogP contribution < -0.4 is 5.32 Å². The van der Waals surface area contributed by atoms with E-state index in [-0.39, 0.29) is 0 Å². The zero-order chi connectivity index (χ0) is 15.6. The van der Waals surface area contributed by atoms with Crippen LogP contribution in [0.25, 0.3) is 0 Å². The average molecular weight is 309 g/mol. The average Bonchev–Trinajstić information content (AvgIpc) is 2.40. The molecule has 0 saturated carbocycles. The third-order valence-corrected chi connectivity index (χ3v) is 4.83. The van der Waals surface area contributed by atoms with Gasteiger partial charge in [0.2, 0.25) is 0 Å². The molecular weight excluding hydrogens is 280 g/mol. The molecule has 0 bridgehead atoms. The summed E-state index contributed by atoms with van der Waals surface area (Å²) < 4.78 is 0. The van der Waals surface area contributed by atoms with Crippen LogP contribution in [0.5, 0.6) is 0 Å². The number of piperazine rings is 1. The topological polar surface area (TPSA) is 15.3 Å². The molecule has 1 aliphatic heterocycles. The van der Waals surface area contributed by atoms with Crippen LogP contribution in [-0.2, 0) is 6.54 Å². The molecule has 1 aromatic rings. The maximum Gasteiger partial charge on any atom is 0.0406 e. The van der Waals surface area contributed by atoms with Gasteiger partial charge < -0.3 is 5.32 Å². The molecule has 2 nitrogen and oxygen atoms in total. The van der Waals surface area contributed by atoms with Gasteiger partial charge in [-0.2, -0.15) is 0 Å². The van der Waals surface area contributed by atoms with E-state index >= 15 is 0 Å². The van der Waals surface area contributed by atoms with Gasteiger partial charge in [0.05, 0.1) is 0 Å². The van der Waals surface area contributed by atoms with Gasteiger partial charge in [0.25, 0.3) is 0 Å². The number of hydrogen-bond acceptors (Lipinski definition) is 2. The van der Waals surface area contributed by atoms with Gasteiger partial charge in [0.15, 0.2) is 0 Å². The summed E-state index contributed by atoms with van der Waals surface area (Å²) in [5.74, 6) is 0.658. The van der Waals surface area contributed by atoms with E-state index in [4.69, 9.17) is 11.6 Å². The van der Waals surface area contributed by atoms with Crippen LogP contribution in [0, 0.1) is 11.3 Å². The summed E-state index contributed by atoms with van der Waals surface area (Å²) in [6, 6.07) is 9.41. The fourth-order valence-corrected chi connectivity index (χ4v) is 3.20. The quantitative estimate of drug-likeness (QED) is 0.901. The molecule has 2 atom stereocenters. The molecule has 0 amide bonds.